The Morgan fingerprint density at radius 2 is 1.49 bits per heavy atom. The van der Waals surface area contributed by atoms with Crippen LogP contribution in [0.15, 0.2) is 89.8 Å². The summed E-state index contributed by atoms with van der Waals surface area (Å²) in [6.45, 7) is 3.47. The van der Waals surface area contributed by atoms with Crippen molar-refractivity contribution >= 4 is 27.5 Å². The maximum absolute atomic E-state index is 13.9. The molecule has 7 nitrogen and oxygen atoms in total. The van der Waals surface area contributed by atoms with Crippen LogP contribution in [0.3, 0.4) is 0 Å². The summed E-state index contributed by atoms with van der Waals surface area (Å²) in [6, 6.07) is 24.3. The molecule has 206 valence electrons. The molecule has 0 heterocycles. The third-order valence-electron chi connectivity index (χ3n) is 7.29. The number of para-hydroxylation sites is 1. The zero-order valence-electron chi connectivity index (χ0n) is 22.6. The van der Waals surface area contributed by atoms with Gasteiger partial charge in [-0.05, 0) is 62.9 Å². The lowest BCUT2D eigenvalue weighted by molar-refractivity contribution is -0.139. The summed E-state index contributed by atoms with van der Waals surface area (Å²) in [4.78, 5) is 28.7. The molecule has 4 rings (SSSR count). The van der Waals surface area contributed by atoms with E-state index in [4.69, 9.17) is 0 Å². The summed E-state index contributed by atoms with van der Waals surface area (Å²) in [6.07, 6.45) is 4.58. The molecule has 1 saturated carbocycles. The summed E-state index contributed by atoms with van der Waals surface area (Å²) in [5.41, 5.74) is 2.36. The van der Waals surface area contributed by atoms with Gasteiger partial charge in [0.1, 0.15) is 12.6 Å². The van der Waals surface area contributed by atoms with Crippen molar-refractivity contribution in [3.05, 3.63) is 96.1 Å². The summed E-state index contributed by atoms with van der Waals surface area (Å²) >= 11 is 0. The molecule has 3 aromatic carbocycles. The monoisotopic (exact) mass is 547 g/mol. The number of nitrogens with one attached hydrogen (secondary N) is 1. The van der Waals surface area contributed by atoms with Crippen LogP contribution < -0.4 is 9.62 Å². The average Bonchev–Trinajstić information content (AvgIpc) is 3.46. The van der Waals surface area contributed by atoms with Gasteiger partial charge in [-0.2, -0.15) is 0 Å². The smallest absolute Gasteiger partial charge is 0.264 e. The number of nitrogens with zero attached hydrogens (tertiary/aromatic N) is 2. The fraction of sp³-hybridized carbons (Fsp3) is 0.355. The normalized spacial score (nSPS) is 14.5. The Kier molecular flexibility index (Phi) is 9.41. The molecule has 1 N–H and O–H groups in total. The van der Waals surface area contributed by atoms with Crippen molar-refractivity contribution in [2.24, 2.45) is 0 Å². The van der Waals surface area contributed by atoms with Gasteiger partial charge in [-0.3, -0.25) is 13.9 Å². The quantitative estimate of drug-likeness (QED) is 0.377. The molecule has 1 aliphatic carbocycles. The molecule has 39 heavy (non-hydrogen) atoms. The predicted molar refractivity (Wildman–Crippen MR) is 154 cm³/mol. The van der Waals surface area contributed by atoms with E-state index in [9.17, 15) is 18.0 Å². The van der Waals surface area contributed by atoms with Crippen molar-refractivity contribution in [2.75, 3.05) is 17.4 Å². The van der Waals surface area contributed by atoms with Gasteiger partial charge >= 0.3 is 0 Å². The van der Waals surface area contributed by atoms with Gasteiger partial charge in [0, 0.05) is 12.6 Å². The van der Waals surface area contributed by atoms with Crippen LogP contribution in [0.4, 0.5) is 5.69 Å². The number of amides is 2. The summed E-state index contributed by atoms with van der Waals surface area (Å²) in [7, 11) is -4.05. The topological polar surface area (TPSA) is 86.8 Å². The number of hydrogen-bond acceptors (Lipinski definition) is 4. The number of sulfonamides is 1. The lowest BCUT2D eigenvalue weighted by Crippen LogP contribution is -2.53. The fourth-order valence-corrected chi connectivity index (χ4v) is 6.34. The average molecular weight is 548 g/mol. The highest BCUT2D eigenvalue weighted by atomic mass is 32.2. The van der Waals surface area contributed by atoms with Gasteiger partial charge in [-0.15, -0.1) is 0 Å². The fourth-order valence-electron chi connectivity index (χ4n) is 4.92. The summed E-state index contributed by atoms with van der Waals surface area (Å²) < 4.78 is 28.7. The minimum atomic E-state index is -4.05. The van der Waals surface area contributed by atoms with E-state index in [1.165, 1.54) is 4.90 Å². The molecular formula is C31H37N3O4S. The minimum Gasteiger partial charge on any atom is -0.352 e. The first kappa shape index (κ1) is 28.4. The molecule has 0 aliphatic heterocycles. The molecule has 0 unspecified atom stereocenters. The van der Waals surface area contributed by atoms with Crippen molar-refractivity contribution in [3.8, 4) is 0 Å². The number of hydrogen-bond donors (Lipinski definition) is 1. The van der Waals surface area contributed by atoms with Gasteiger partial charge in [-0.1, -0.05) is 79.1 Å². The van der Waals surface area contributed by atoms with Crippen LogP contribution in [-0.2, 0) is 26.0 Å². The second kappa shape index (κ2) is 12.9. The molecule has 0 aromatic heterocycles. The summed E-state index contributed by atoms with van der Waals surface area (Å²) in [5.74, 6) is -0.643. The first-order chi connectivity index (χ1) is 18.8. The molecule has 0 bridgehead atoms. The SMILES string of the molecule is Cc1ccc(S(=O)(=O)N(CC(=O)N(CCc2ccccc2)[C@@H](C)C(=O)NC2CCCC2)c2ccccc2)cc1. The Hall–Kier alpha value is -3.65. The Morgan fingerprint density at radius 3 is 2.10 bits per heavy atom. The van der Waals surface area contributed by atoms with Crippen LogP contribution in [0, 0.1) is 6.92 Å². The van der Waals surface area contributed by atoms with Crippen LogP contribution in [-0.4, -0.2) is 50.3 Å². The van der Waals surface area contributed by atoms with Crippen LogP contribution in [0.1, 0.15) is 43.7 Å². The Bertz CT molecular complexity index is 1340. The van der Waals surface area contributed by atoms with Crippen LogP contribution in [0.5, 0.6) is 0 Å². The van der Waals surface area contributed by atoms with E-state index >= 15 is 0 Å². The highest BCUT2D eigenvalue weighted by Gasteiger charge is 2.33. The van der Waals surface area contributed by atoms with Gasteiger partial charge in [0.25, 0.3) is 10.0 Å². The van der Waals surface area contributed by atoms with E-state index in [-0.39, 0.29) is 23.4 Å². The summed E-state index contributed by atoms with van der Waals surface area (Å²) in [5, 5.41) is 3.09. The molecule has 0 radical (unpaired) electrons. The van der Waals surface area contributed by atoms with E-state index in [1.807, 2.05) is 37.3 Å². The third kappa shape index (κ3) is 7.26. The molecule has 3 aromatic rings. The molecule has 1 aliphatic rings. The maximum atomic E-state index is 13.9. The van der Waals surface area contributed by atoms with E-state index in [2.05, 4.69) is 5.32 Å². The van der Waals surface area contributed by atoms with Crippen LogP contribution in [0.25, 0.3) is 0 Å². The number of carbonyl (C=O) groups excluding carboxylic acids is 2. The largest absolute Gasteiger partial charge is 0.352 e. The zero-order chi connectivity index (χ0) is 27.8. The number of rotatable bonds is 11. The Balaban J connectivity index is 1.62. The van der Waals surface area contributed by atoms with E-state index in [0.29, 0.717) is 12.1 Å². The lowest BCUT2D eigenvalue weighted by atomic mass is 10.1. The lowest BCUT2D eigenvalue weighted by Gasteiger charge is -2.32. The van der Waals surface area contributed by atoms with Crippen LogP contribution >= 0.6 is 0 Å². The first-order valence-electron chi connectivity index (χ1n) is 13.5. The van der Waals surface area contributed by atoms with Crippen LogP contribution in [0.2, 0.25) is 0 Å². The second-order valence-electron chi connectivity index (χ2n) is 10.1. The van der Waals surface area contributed by atoms with E-state index in [0.717, 1.165) is 41.1 Å². The predicted octanol–water partition coefficient (Wildman–Crippen LogP) is 4.71. The van der Waals surface area contributed by atoms with Crippen molar-refractivity contribution in [1.82, 2.24) is 10.2 Å². The molecule has 8 heteroatoms. The molecular weight excluding hydrogens is 510 g/mol. The molecule has 2 amide bonds. The zero-order valence-corrected chi connectivity index (χ0v) is 23.4. The number of benzene rings is 3. The third-order valence-corrected chi connectivity index (χ3v) is 9.07. The number of anilines is 1. The van der Waals surface area contributed by atoms with Crippen molar-refractivity contribution in [1.29, 1.82) is 0 Å². The second-order valence-corrected chi connectivity index (χ2v) is 12.0. The maximum Gasteiger partial charge on any atom is 0.264 e. The molecule has 1 fully saturated rings. The molecule has 0 saturated heterocycles. The van der Waals surface area contributed by atoms with Crippen molar-refractivity contribution < 1.29 is 18.0 Å². The Labute approximate surface area is 231 Å². The van der Waals surface area contributed by atoms with Gasteiger partial charge in [0.2, 0.25) is 11.8 Å². The van der Waals surface area contributed by atoms with E-state index in [1.54, 1.807) is 61.5 Å². The van der Waals surface area contributed by atoms with E-state index < -0.39 is 28.5 Å². The highest BCUT2D eigenvalue weighted by Crippen LogP contribution is 2.24. The van der Waals surface area contributed by atoms with Crippen molar-refractivity contribution in [3.63, 3.8) is 0 Å². The number of aryl methyl sites for hydroxylation is 1. The van der Waals surface area contributed by atoms with Gasteiger partial charge in [0.05, 0.1) is 10.6 Å². The van der Waals surface area contributed by atoms with Crippen molar-refractivity contribution in [2.45, 2.75) is 62.9 Å². The minimum absolute atomic E-state index is 0.104. The van der Waals surface area contributed by atoms with Gasteiger partial charge in [0.15, 0.2) is 0 Å². The Morgan fingerprint density at radius 1 is 0.897 bits per heavy atom. The standard InChI is InChI=1S/C31H37N3O4S/c1-24-17-19-29(20-18-24)39(37,38)34(28-15-7-4-8-16-28)23-30(35)33(22-21-26-11-5-3-6-12-26)25(2)31(36)32-27-13-9-10-14-27/h3-8,11-12,15-20,25,27H,9-10,13-14,21-23H2,1-2H3,(H,32,36)/t25-/m0/s1. The molecule has 0 spiro atoms. The van der Waals surface area contributed by atoms with Gasteiger partial charge < -0.3 is 10.2 Å². The molecule has 1 atom stereocenters. The van der Waals surface area contributed by atoms with Gasteiger partial charge in [-0.25, -0.2) is 8.42 Å². The number of carbonyl (C=O) groups is 2. The highest BCUT2D eigenvalue weighted by molar-refractivity contribution is 7.92. The first-order valence-corrected chi connectivity index (χ1v) is 15.0.